The van der Waals surface area contributed by atoms with Gasteiger partial charge in [-0.1, -0.05) is 6.58 Å². The Balaban J connectivity index is 2.67. The SMILES string of the molecule is C=CC(=O)N[C@@H](C)C(=O)N1CCCC1C(=O)NC. The number of nitrogens with zero attached hydrogens (tertiary/aromatic N) is 1. The maximum atomic E-state index is 12.1. The lowest BCUT2D eigenvalue weighted by molar-refractivity contribution is -0.140. The summed E-state index contributed by atoms with van der Waals surface area (Å²) in [5, 5.41) is 5.05. The predicted octanol–water partition coefficient (Wildman–Crippen LogP) is -0.586. The van der Waals surface area contributed by atoms with Gasteiger partial charge in [-0.3, -0.25) is 14.4 Å². The van der Waals surface area contributed by atoms with Gasteiger partial charge in [0.1, 0.15) is 12.1 Å². The topological polar surface area (TPSA) is 78.5 Å². The normalized spacial score (nSPS) is 20.1. The van der Waals surface area contributed by atoms with E-state index in [2.05, 4.69) is 17.2 Å². The van der Waals surface area contributed by atoms with E-state index < -0.39 is 18.0 Å². The molecule has 1 aliphatic rings. The molecule has 1 rings (SSSR count). The summed E-state index contributed by atoms with van der Waals surface area (Å²) in [5.74, 6) is -0.800. The quantitative estimate of drug-likeness (QED) is 0.658. The van der Waals surface area contributed by atoms with Gasteiger partial charge in [0.2, 0.25) is 17.7 Å². The molecule has 0 spiro atoms. The molecule has 1 heterocycles. The lowest BCUT2D eigenvalue weighted by Gasteiger charge is -2.26. The fourth-order valence-corrected chi connectivity index (χ4v) is 2.05. The molecule has 2 atom stereocenters. The average Bonchev–Trinajstić information content (AvgIpc) is 2.85. The van der Waals surface area contributed by atoms with Crippen molar-refractivity contribution in [3.8, 4) is 0 Å². The molecule has 2 N–H and O–H groups in total. The van der Waals surface area contributed by atoms with Crippen LogP contribution in [-0.2, 0) is 14.4 Å². The van der Waals surface area contributed by atoms with Crippen LogP contribution in [0.15, 0.2) is 12.7 Å². The van der Waals surface area contributed by atoms with Crippen molar-refractivity contribution in [1.29, 1.82) is 0 Å². The number of nitrogens with one attached hydrogen (secondary N) is 2. The Labute approximate surface area is 106 Å². The Bertz CT molecular complexity index is 368. The molecule has 1 fully saturated rings. The van der Waals surface area contributed by atoms with Gasteiger partial charge in [-0.15, -0.1) is 0 Å². The Morgan fingerprint density at radius 3 is 2.67 bits per heavy atom. The van der Waals surface area contributed by atoms with Gasteiger partial charge in [0.05, 0.1) is 0 Å². The second kappa shape index (κ2) is 6.18. The molecule has 1 unspecified atom stereocenters. The third kappa shape index (κ3) is 3.09. The van der Waals surface area contributed by atoms with E-state index in [9.17, 15) is 14.4 Å². The van der Waals surface area contributed by atoms with Crippen molar-refractivity contribution in [3.63, 3.8) is 0 Å². The van der Waals surface area contributed by atoms with Crippen LogP contribution in [0.4, 0.5) is 0 Å². The van der Waals surface area contributed by atoms with E-state index in [1.807, 2.05) is 0 Å². The van der Waals surface area contributed by atoms with Crippen LogP contribution in [0.5, 0.6) is 0 Å². The van der Waals surface area contributed by atoms with Crippen LogP contribution < -0.4 is 10.6 Å². The molecule has 6 heteroatoms. The molecular formula is C12H19N3O3. The largest absolute Gasteiger partial charge is 0.357 e. The number of likely N-dealkylation sites (N-methyl/N-ethyl adjacent to an activating group) is 1. The van der Waals surface area contributed by atoms with E-state index in [0.717, 1.165) is 12.5 Å². The van der Waals surface area contributed by atoms with Crippen molar-refractivity contribution in [1.82, 2.24) is 15.5 Å². The van der Waals surface area contributed by atoms with Gasteiger partial charge in [-0.25, -0.2) is 0 Å². The number of rotatable bonds is 4. The molecular weight excluding hydrogens is 234 g/mol. The van der Waals surface area contributed by atoms with Gasteiger partial charge in [-0.2, -0.15) is 0 Å². The van der Waals surface area contributed by atoms with Gasteiger partial charge in [0.15, 0.2) is 0 Å². The van der Waals surface area contributed by atoms with Crippen molar-refractivity contribution >= 4 is 17.7 Å². The van der Waals surface area contributed by atoms with E-state index in [4.69, 9.17) is 0 Å². The first-order chi connectivity index (χ1) is 8.51. The van der Waals surface area contributed by atoms with E-state index in [1.54, 1.807) is 14.0 Å². The first kappa shape index (κ1) is 14.2. The third-order valence-electron chi connectivity index (χ3n) is 3.00. The molecule has 1 saturated heterocycles. The van der Waals surface area contributed by atoms with Crippen LogP contribution in [0.1, 0.15) is 19.8 Å². The zero-order valence-corrected chi connectivity index (χ0v) is 10.7. The summed E-state index contributed by atoms with van der Waals surface area (Å²) < 4.78 is 0. The van der Waals surface area contributed by atoms with Crippen molar-refractivity contribution in [2.45, 2.75) is 31.8 Å². The average molecular weight is 253 g/mol. The van der Waals surface area contributed by atoms with Crippen LogP contribution in [0.25, 0.3) is 0 Å². The second-order valence-corrected chi connectivity index (χ2v) is 4.24. The van der Waals surface area contributed by atoms with Crippen molar-refractivity contribution in [2.24, 2.45) is 0 Å². The van der Waals surface area contributed by atoms with E-state index in [0.29, 0.717) is 13.0 Å². The molecule has 100 valence electrons. The summed E-state index contributed by atoms with van der Waals surface area (Å²) in [6, 6.07) is -1.08. The smallest absolute Gasteiger partial charge is 0.245 e. The highest BCUT2D eigenvalue weighted by Crippen LogP contribution is 2.18. The van der Waals surface area contributed by atoms with Gasteiger partial charge < -0.3 is 15.5 Å². The molecule has 3 amide bonds. The first-order valence-corrected chi connectivity index (χ1v) is 5.96. The molecule has 0 aromatic heterocycles. The summed E-state index contributed by atoms with van der Waals surface area (Å²) in [6.07, 6.45) is 2.57. The van der Waals surface area contributed by atoms with E-state index >= 15 is 0 Å². The molecule has 0 saturated carbocycles. The maximum absolute atomic E-state index is 12.1. The fraction of sp³-hybridized carbons (Fsp3) is 0.583. The Hall–Kier alpha value is -1.85. The monoisotopic (exact) mass is 253 g/mol. The van der Waals surface area contributed by atoms with Gasteiger partial charge in [0, 0.05) is 13.6 Å². The Morgan fingerprint density at radius 2 is 2.11 bits per heavy atom. The van der Waals surface area contributed by atoms with Crippen LogP contribution in [-0.4, -0.2) is 48.3 Å². The molecule has 0 radical (unpaired) electrons. The fourth-order valence-electron chi connectivity index (χ4n) is 2.05. The van der Waals surface area contributed by atoms with Gasteiger partial charge in [0.25, 0.3) is 0 Å². The highest BCUT2D eigenvalue weighted by Gasteiger charge is 2.35. The predicted molar refractivity (Wildman–Crippen MR) is 66.6 cm³/mol. The molecule has 18 heavy (non-hydrogen) atoms. The van der Waals surface area contributed by atoms with E-state index in [1.165, 1.54) is 4.90 Å². The summed E-state index contributed by atoms with van der Waals surface area (Å²) >= 11 is 0. The number of amides is 3. The summed E-state index contributed by atoms with van der Waals surface area (Å²) in [5.41, 5.74) is 0. The zero-order chi connectivity index (χ0) is 13.7. The Morgan fingerprint density at radius 1 is 1.44 bits per heavy atom. The summed E-state index contributed by atoms with van der Waals surface area (Å²) in [6.45, 7) is 5.47. The lowest BCUT2D eigenvalue weighted by atomic mass is 10.2. The number of likely N-dealkylation sites (tertiary alicyclic amines) is 1. The van der Waals surface area contributed by atoms with Gasteiger partial charge in [-0.05, 0) is 25.8 Å². The van der Waals surface area contributed by atoms with Gasteiger partial charge >= 0.3 is 0 Å². The molecule has 0 bridgehead atoms. The van der Waals surface area contributed by atoms with Crippen LogP contribution in [0.3, 0.4) is 0 Å². The van der Waals surface area contributed by atoms with Crippen molar-refractivity contribution < 1.29 is 14.4 Å². The van der Waals surface area contributed by atoms with Crippen molar-refractivity contribution in [2.75, 3.05) is 13.6 Å². The number of carbonyl (C=O) groups is 3. The Kier molecular flexibility index (Phi) is 4.88. The van der Waals surface area contributed by atoms with Crippen molar-refractivity contribution in [3.05, 3.63) is 12.7 Å². The van der Waals surface area contributed by atoms with E-state index in [-0.39, 0.29) is 11.8 Å². The molecule has 0 aromatic rings. The van der Waals surface area contributed by atoms with Crippen LogP contribution >= 0.6 is 0 Å². The highest BCUT2D eigenvalue weighted by atomic mass is 16.2. The first-order valence-electron chi connectivity index (χ1n) is 5.96. The minimum absolute atomic E-state index is 0.164. The maximum Gasteiger partial charge on any atom is 0.245 e. The molecule has 6 nitrogen and oxygen atoms in total. The summed E-state index contributed by atoms with van der Waals surface area (Å²) in [4.78, 5) is 36.4. The number of hydrogen-bond acceptors (Lipinski definition) is 3. The highest BCUT2D eigenvalue weighted by molar-refractivity contribution is 5.94. The number of carbonyl (C=O) groups excluding carboxylic acids is 3. The van der Waals surface area contributed by atoms with Crippen LogP contribution in [0.2, 0.25) is 0 Å². The third-order valence-corrected chi connectivity index (χ3v) is 3.00. The summed E-state index contributed by atoms with van der Waals surface area (Å²) in [7, 11) is 1.55. The molecule has 1 aliphatic heterocycles. The standard InChI is InChI=1S/C12H19N3O3/c1-4-10(16)14-8(2)12(18)15-7-5-6-9(15)11(17)13-3/h4,8-9H,1,5-7H2,2-3H3,(H,13,17)(H,14,16)/t8-,9?/m0/s1. The lowest BCUT2D eigenvalue weighted by Crippen LogP contribution is -2.51. The zero-order valence-electron chi connectivity index (χ0n) is 10.7. The minimum atomic E-state index is -0.652. The van der Waals surface area contributed by atoms with Crippen LogP contribution in [0, 0.1) is 0 Å². The minimum Gasteiger partial charge on any atom is -0.357 e. The number of hydrogen-bond donors (Lipinski definition) is 2. The molecule has 0 aliphatic carbocycles. The molecule has 0 aromatic carbocycles. The second-order valence-electron chi connectivity index (χ2n) is 4.24.